The van der Waals surface area contributed by atoms with E-state index in [1.54, 1.807) is 31.2 Å². The van der Waals surface area contributed by atoms with Crippen LogP contribution in [0, 0.1) is 0 Å². The second-order valence-electron chi connectivity index (χ2n) is 4.24. The molecule has 0 atom stereocenters. The third kappa shape index (κ3) is 3.31. The molecule has 0 saturated heterocycles. The van der Waals surface area contributed by atoms with Gasteiger partial charge in [-0.15, -0.1) is 0 Å². The molecule has 4 heteroatoms. The number of benzene rings is 1. The van der Waals surface area contributed by atoms with Gasteiger partial charge in [-0.25, -0.2) is 4.98 Å². The summed E-state index contributed by atoms with van der Waals surface area (Å²) in [6.07, 6.45) is 1.53. The fourth-order valence-corrected chi connectivity index (χ4v) is 1.78. The van der Waals surface area contributed by atoms with Gasteiger partial charge in [0.25, 0.3) is 5.91 Å². The van der Waals surface area contributed by atoms with Crippen molar-refractivity contribution in [2.45, 2.75) is 6.54 Å². The van der Waals surface area contributed by atoms with Crippen molar-refractivity contribution in [2.24, 2.45) is 0 Å². The van der Waals surface area contributed by atoms with Crippen molar-refractivity contribution in [1.82, 2.24) is 9.88 Å². The van der Waals surface area contributed by atoms with E-state index in [0.717, 1.165) is 5.56 Å². The SMILES string of the molecule is COc1ccc(C(=O)N(C)Cc2ccccc2)cn1. The Bertz CT molecular complexity index is 538. The lowest BCUT2D eigenvalue weighted by molar-refractivity contribution is 0.0784. The lowest BCUT2D eigenvalue weighted by Gasteiger charge is -2.17. The van der Waals surface area contributed by atoms with Gasteiger partial charge in [-0.05, 0) is 11.6 Å². The molecule has 1 amide bonds. The summed E-state index contributed by atoms with van der Waals surface area (Å²) < 4.78 is 4.97. The Labute approximate surface area is 112 Å². The van der Waals surface area contributed by atoms with Gasteiger partial charge in [0.05, 0.1) is 12.7 Å². The molecular formula is C15H16N2O2. The smallest absolute Gasteiger partial charge is 0.255 e. The second kappa shape index (κ2) is 6.00. The highest BCUT2D eigenvalue weighted by molar-refractivity contribution is 5.93. The number of carbonyl (C=O) groups is 1. The number of methoxy groups -OCH3 is 1. The number of pyridine rings is 1. The minimum Gasteiger partial charge on any atom is -0.481 e. The number of amides is 1. The molecule has 2 aromatic rings. The fourth-order valence-electron chi connectivity index (χ4n) is 1.78. The molecule has 4 nitrogen and oxygen atoms in total. The van der Waals surface area contributed by atoms with Crippen LogP contribution in [0.2, 0.25) is 0 Å². The standard InChI is InChI=1S/C15H16N2O2/c1-17(11-12-6-4-3-5-7-12)15(18)13-8-9-14(19-2)16-10-13/h3-10H,11H2,1-2H3. The van der Waals surface area contributed by atoms with Crippen LogP contribution in [0.1, 0.15) is 15.9 Å². The molecule has 0 spiro atoms. The van der Waals surface area contributed by atoms with Crippen LogP contribution in [-0.2, 0) is 6.54 Å². The number of aromatic nitrogens is 1. The first-order chi connectivity index (χ1) is 9.20. The summed E-state index contributed by atoms with van der Waals surface area (Å²) in [7, 11) is 3.32. The molecule has 19 heavy (non-hydrogen) atoms. The van der Waals surface area contributed by atoms with Crippen LogP contribution in [0.5, 0.6) is 5.88 Å². The molecule has 98 valence electrons. The quantitative estimate of drug-likeness (QED) is 0.843. The first-order valence-electron chi connectivity index (χ1n) is 6.00. The predicted molar refractivity (Wildman–Crippen MR) is 73.0 cm³/mol. The molecule has 0 saturated carbocycles. The van der Waals surface area contributed by atoms with Gasteiger partial charge in [0.2, 0.25) is 5.88 Å². The first-order valence-corrected chi connectivity index (χ1v) is 6.00. The van der Waals surface area contributed by atoms with Crippen molar-refractivity contribution in [3.63, 3.8) is 0 Å². The zero-order chi connectivity index (χ0) is 13.7. The van der Waals surface area contributed by atoms with Gasteiger partial charge in [0.15, 0.2) is 0 Å². The molecule has 0 bridgehead atoms. The summed E-state index contributed by atoms with van der Waals surface area (Å²) in [5, 5.41) is 0. The minimum atomic E-state index is -0.0565. The van der Waals surface area contributed by atoms with Crippen molar-refractivity contribution < 1.29 is 9.53 Å². The average Bonchev–Trinajstić information content (AvgIpc) is 2.47. The fraction of sp³-hybridized carbons (Fsp3) is 0.200. The number of hydrogen-bond donors (Lipinski definition) is 0. The molecule has 0 unspecified atom stereocenters. The topological polar surface area (TPSA) is 42.4 Å². The highest BCUT2D eigenvalue weighted by Gasteiger charge is 2.12. The number of carbonyl (C=O) groups excluding carboxylic acids is 1. The van der Waals surface area contributed by atoms with Crippen LogP contribution < -0.4 is 4.74 Å². The maximum absolute atomic E-state index is 12.2. The maximum atomic E-state index is 12.2. The third-order valence-corrected chi connectivity index (χ3v) is 2.80. The highest BCUT2D eigenvalue weighted by Crippen LogP contribution is 2.10. The number of nitrogens with zero attached hydrogens (tertiary/aromatic N) is 2. The van der Waals surface area contributed by atoms with Crippen molar-refractivity contribution in [2.75, 3.05) is 14.2 Å². The second-order valence-corrected chi connectivity index (χ2v) is 4.24. The highest BCUT2D eigenvalue weighted by atomic mass is 16.5. The zero-order valence-corrected chi connectivity index (χ0v) is 11.0. The minimum absolute atomic E-state index is 0.0565. The molecule has 0 aliphatic heterocycles. The lowest BCUT2D eigenvalue weighted by Crippen LogP contribution is -2.26. The van der Waals surface area contributed by atoms with Crippen LogP contribution in [0.3, 0.4) is 0 Å². The van der Waals surface area contributed by atoms with E-state index >= 15 is 0 Å². The van der Waals surface area contributed by atoms with Crippen LogP contribution in [0.25, 0.3) is 0 Å². The summed E-state index contributed by atoms with van der Waals surface area (Å²) in [6, 6.07) is 13.3. The molecule has 2 rings (SSSR count). The number of rotatable bonds is 4. The average molecular weight is 256 g/mol. The van der Waals surface area contributed by atoms with Gasteiger partial charge in [-0.1, -0.05) is 30.3 Å². The van der Waals surface area contributed by atoms with Crippen LogP contribution >= 0.6 is 0 Å². The van der Waals surface area contributed by atoms with Crippen LogP contribution in [0.15, 0.2) is 48.7 Å². The summed E-state index contributed by atoms with van der Waals surface area (Å²) in [4.78, 5) is 17.9. The van der Waals surface area contributed by atoms with Crippen LogP contribution in [0.4, 0.5) is 0 Å². The van der Waals surface area contributed by atoms with Crippen molar-refractivity contribution >= 4 is 5.91 Å². The number of ether oxygens (including phenoxy) is 1. The molecule has 0 fully saturated rings. The van der Waals surface area contributed by atoms with E-state index in [1.165, 1.54) is 6.20 Å². The normalized spacial score (nSPS) is 10.0. The summed E-state index contributed by atoms with van der Waals surface area (Å²) in [6.45, 7) is 0.575. The van der Waals surface area contributed by atoms with Crippen molar-refractivity contribution in [3.05, 3.63) is 59.8 Å². The van der Waals surface area contributed by atoms with E-state index in [9.17, 15) is 4.79 Å². The Morgan fingerprint density at radius 1 is 1.21 bits per heavy atom. The molecule has 1 heterocycles. The monoisotopic (exact) mass is 256 g/mol. The Morgan fingerprint density at radius 2 is 1.95 bits per heavy atom. The Morgan fingerprint density at radius 3 is 2.53 bits per heavy atom. The lowest BCUT2D eigenvalue weighted by atomic mass is 10.2. The molecule has 0 aliphatic carbocycles. The van der Waals surface area contributed by atoms with E-state index in [1.807, 2.05) is 30.3 Å². The molecule has 1 aromatic heterocycles. The zero-order valence-electron chi connectivity index (χ0n) is 11.0. The summed E-state index contributed by atoms with van der Waals surface area (Å²) >= 11 is 0. The molecule has 1 aromatic carbocycles. The van der Waals surface area contributed by atoms with Crippen LogP contribution in [-0.4, -0.2) is 29.9 Å². The third-order valence-electron chi connectivity index (χ3n) is 2.80. The summed E-state index contributed by atoms with van der Waals surface area (Å²) in [5.41, 5.74) is 1.65. The molecule has 0 aliphatic rings. The van der Waals surface area contributed by atoms with Crippen molar-refractivity contribution in [1.29, 1.82) is 0 Å². The van der Waals surface area contributed by atoms with E-state index in [2.05, 4.69) is 4.98 Å². The molecule has 0 N–H and O–H groups in total. The largest absolute Gasteiger partial charge is 0.481 e. The Kier molecular flexibility index (Phi) is 4.13. The first kappa shape index (κ1) is 13.1. The van der Waals surface area contributed by atoms with E-state index in [4.69, 9.17) is 4.74 Å². The van der Waals surface area contributed by atoms with Gasteiger partial charge in [-0.2, -0.15) is 0 Å². The van der Waals surface area contributed by atoms with Gasteiger partial charge in [0, 0.05) is 25.9 Å². The Balaban J connectivity index is 2.06. The summed E-state index contributed by atoms with van der Waals surface area (Å²) in [5.74, 6) is 0.446. The maximum Gasteiger partial charge on any atom is 0.255 e. The molecule has 0 radical (unpaired) electrons. The van der Waals surface area contributed by atoms with E-state index < -0.39 is 0 Å². The predicted octanol–water partition coefficient (Wildman–Crippen LogP) is 2.36. The Hall–Kier alpha value is -2.36. The van der Waals surface area contributed by atoms with Gasteiger partial charge < -0.3 is 9.64 Å². The van der Waals surface area contributed by atoms with Gasteiger partial charge in [0.1, 0.15) is 0 Å². The van der Waals surface area contributed by atoms with E-state index in [0.29, 0.717) is 18.0 Å². The number of hydrogen-bond acceptors (Lipinski definition) is 3. The molecular weight excluding hydrogens is 240 g/mol. The van der Waals surface area contributed by atoms with Gasteiger partial charge >= 0.3 is 0 Å². The van der Waals surface area contributed by atoms with Crippen molar-refractivity contribution in [3.8, 4) is 5.88 Å². The van der Waals surface area contributed by atoms with Gasteiger partial charge in [-0.3, -0.25) is 4.79 Å². The van der Waals surface area contributed by atoms with E-state index in [-0.39, 0.29) is 5.91 Å².